The molecule has 6 nitrogen and oxygen atoms in total. The van der Waals surface area contributed by atoms with Crippen LogP contribution < -0.4 is 15.6 Å². The highest BCUT2D eigenvalue weighted by Gasteiger charge is 2.24. The van der Waals surface area contributed by atoms with Crippen molar-refractivity contribution in [3.05, 3.63) is 76.5 Å². The van der Waals surface area contributed by atoms with Crippen molar-refractivity contribution in [2.45, 2.75) is 26.4 Å². The number of nitrogens with one attached hydrogen (secondary N) is 1. The first-order valence-corrected chi connectivity index (χ1v) is 9.00. The van der Waals surface area contributed by atoms with E-state index < -0.39 is 17.8 Å². The van der Waals surface area contributed by atoms with E-state index in [9.17, 15) is 14.0 Å². The predicted octanol–water partition coefficient (Wildman–Crippen LogP) is 3.42. The number of amides is 1. The van der Waals surface area contributed by atoms with Gasteiger partial charge in [0.05, 0.1) is 11.4 Å². The Balaban J connectivity index is 1.88. The molecule has 0 aliphatic carbocycles. The molecule has 1 unspecified atom stereocenters. The molecule has 7 heteroatoms. The molecule has 0 aliphatic rings. The van der Waals surface area contributed by atoms with Gasteiger partial charge in [-0.15, -0.1) is 0 Å². The molecule has 0 saturated carbocycles. The van der Waals surface area contributed by atoms with Gasteiger partial charge in [-0.1, -0.05) is 37.3 Å². The third kappa shape index (κ3) is 3.69. The molecule has 0 saturated heterocycles. The van der Waals surface area contributed by atoms with Gasteiger partial charge in [0.2, 0.25) is 0 Å². The third-order valence-corrected chi connectivity index (χ3v) is 4.57. The van der Waals surface area contributed by atoms with Crippen molar-refractivity contribution in [1.29, 1.82) is 0 Å². The zero-order valence-corrected chi connectivity index (χ0v) is 16.0. The number of anilines is 1. The number of carbonyl (C=O) groups is 1. The van der Waals surface area contributed by atoms with Crippen molar-refractivity contribution >= 4 is 11.6 Å². The Morgan fingerprint density at radius 3 is 2.43 bits per heavy atom. The van der Waals surface area contributed by atoms with Gasteiger partial charge < -0.3 is 10.1 Å². The van der Waals surface area contributed by atoms with Crippen molar-refractivity contribution in [3.63, 3.8) is 0 Å². The summed E-state index contributed by atoms with van der Waals surface area (Å²) in [6.07, 6.45) is -0.611. The summed E-state index contributed by atoms with van der Waals surface area (Å²) in [6, 6.07) is 15.0. The quantitative estimate of drug-likeness (QED) is 0.709. The van der Waals surface area contributed by atoms with Gasteiger partial charge in [0.25, 0.3) is 11.5 Å². The maximum Gasteiger partial charge on any atom is 0.295 e. The molecule has 0 spiro atoms. The number of carbonyl (C=O) groups excluding carboxylic acids is 1. The standard InChI is InChI=1S/C21H22FN3O3/c1-4-17(28-18-13-9-8-12-16(18)22)20(26)23-19-14(2)24(3)25(21(19)27)15-10-6-5-7-11-15/h5-13,17H,4H2,1-3H3,(H,23,26). The Hall–Kier alpha value is -3.35. The third-order valence-electron chi connectivity index (χ3n) is 4.57. The minimum absolute atomic E-state index is 0.00372. The lowest BCUT2D eigenvalue weighted by atomic mass is 10.2. The summed E-state index contributed by atoms with van der Waals surface area (Å²) in [6.45, 7) is 3.50. The van der Waals surface area contributed by atoms with Gasteiger partial charge in [-0.2, -0.15) is 0 Å². The monoisotopic (exact) mass is 383 g/mol. The fourth-order valence-electron chi connectivity index (χ4n) is 2.93. The molecule has 3 aromatic rings. The zero-order valence-electron chi connectivity index (χ0n) is 16.0. The van der Waals surface area contributed by atoms with Gasteiger partial charge in [-0.25, -0.2) is 9.07 Å². The summed E-state index contributed by atoms with van der Waals surface area (Å²) >= 11 is 0. The van der Waals surface area contributed by atoms with Crippen LogP contribution in [-0.4, -0.2) is 21.4 Å². The highest BCUT2D eigenvalue weighted by molar-refractivity contribution is 5.94. The maximum absolute atomic E-state index is 13.8. The maximum atomic E-state index is 13.8. The molecule has 28 heavy (non-hydrogen) atoms. The Kier molecular flexibility index (Phi) is 5.63. The number of hydrogen-bond donors (Lipinski definition) is 1. The van der Waals surface area contributed by atoms with Crippen LogP contribution in [0.3, 0.4) is 0 Å². The smallest absolute Gasteiger partial charge is 0.295 e. The lowest BCUT2D eigenvalue weighted by molar-refractivity contribution is -0.122. The molecule has 0 radical (unpaired) electrons. The van der Waals surface area contributed by atoms with Crippen LogP contribution in [0.5, 0.6) is 5.75 Å². The van der Waals surface area contributed by atoms with Gasteiger partial charge >= 0.3 is 0 Å². The average Bonchev–Trinajstić information content (AvgIpc) is 2.91. The molecule has 1 aromatic heterocycles. The second kappa shape index (κ2) is 8.12. The average molecular weight is 383 g/mol. The molecule has 2 aromatic carbocycles. The fraction of sp³-hybridized carbons (Fsp3) is 0.238. The van der Waals surface area contributed by atoms with Crippen LogP contribution in [0.1, 0.15) is 19.0 Å². The van der Waals surface area contributed by atoms with Crippen molar-refractivity contribution in [2.24, 2.45) is 7.05 Å². The largest absolute Gasteiger partial charge is 0.478 e. The predicted molar refractivity (Wildman–Crippen MR) is 105 cm³/mol. The lowest BCUT2D eigenvalue weighted by Crippen LogP contribution is -2.34. The zero-order chi connectivity index (χ0) is 20.3. The summed E-state index contributed by atoms with van der Waals surface area (Å²) in [5.74, 6) is -1.05. The minimum Gasteiger partial charge on any atom is -0.478 e. The molecule has 0 bridgehead atoms. The van der Waals surface area contributed by atoms with Gasteiger partial charge in [-0.05, 0) is 37.6 Å². The number of hydrogen-bond acceptors (Lipinski definition) is 3. The summed E-state index contributed by atoms with van der Waals surface area (Å²) in [5.41, 5.74) is 1.11. The Labute approximate surface area is 162 Å². The van der Waals surface area contributed by atoms with E-state index in [-0.39, 0.29) is 17.0 Å². The van der Waals surface area contributed by atoms with E-state index in [1.165, 1.54) is 16.8 Å². The molecule has 3 rings (SSSR count). The molecular weight excluding hydrogens is 361 g/mol. The van der Waals surface area contributed by atoms with E-state index in [4.69, 9.17) is 4.74 Å². The van der Waals surface area contributed by atoms with Gasteiger partial charge in [0, 0.05) is 7.05 Å². The molecule has 1 amide bonds. The van der Waals surface area contributed by atoms with E-state index in [0.717, 1.165) is 0 Å². The van der Waals surface area contributed by atoms with E-state index in [0.29, 0.717) is 17.8 Å². The molecule has 0 fully saturated rings. The first kappa shape index (κ1) is 19.4. The Morgan fingerprint density at radius 2 is 1.79 bits per heavy atom. The first-order chi connectivity index (χ1) is 13.4. The van der Waals surface area contributed by atoms with Crippen molar-refractivity contribution in [3.8, 4) is 11.4 Å². The fourth-order valence-corrected chi connectivity index (χ4v) is 2.93. The molecular formula is C21H22FN3O3. The molecule has 146 valence electrons. The number of benzene rings is 2. The number of ether oxygens (including phenoxy) is 1. The van der Waals surface area contributed by atoms with Crippen LogP contribution in [0, 0.1) is 12.7 Å². The van der Waals surface area contributed by atoms with Crippen LogP contribution in [-0.2, 0) is 11.8 Å². The number of halogens is 1. The normalized spacial score (nSPS) is 11.9. The summed E-state index contributed by atoms with van der Waals surface area (Å²) in [4.78, 5) is 25.6. The van der Waals surface area contributed by atoms with Gasteiger partial charge in [-0.3, -0.25) is 14.3 Å². The summed E-state index contributed by atoms with van der Waals surface area (Å²) < 4.78 is 22.5. The van der Waals surface area contributed by atoms with Gasteiger partial charge in [0.1, 0.15) is 5.69 Å². The highest BCUT2D eigenvalue weighted by Crippen LogP contribution is 2.19. The van der Waals surface area contributed by atoms with Crippen LogP contribution in [0.2, 0.25) is 0 Å². The van der Waals surface area contributed by atoms with Crippen LogP contribution >= 0.6 is 0 Å². The SMILES string of the molecule is CCC(Oc1ccccc1F)C(=O)Nc1c(C)n(C)n(-c2ccccc2)c1=O. The van der Waals surface area contributed by atoms with E-state index in [2.05, 4.69) is 5.32 Å². The molecule has 0 aliphatic heterocycles. The van der Waals surface area contributed by atoms with Crippen molar-refractivity contribution in [1.82, 2.24) is 9.36 Å². The Morgan fingerprint density at radius 1 is 1.14 bits per heavy atom. The van der Waals surface area contributed by atoms with E-state index in [1.54, 1.807) is 37.7 Å². The lowest BCUT2D eigenvalue weighted by Gasteiger charge is -2.17. The molecule has 1 atom stereocenters. The second-order valence-electron chi connectivity index (χ2n) is 6.37. The number of nitrogens with zero attached hydrogens (tertiary/aromatic N) is 2. The highest BCUT2D eigenvalue weighted by atomic mass is 19.1. The Bertz CT molecular complexity index is 1040. The van der Waals surface area contributed by atoms with Crippen molar-refractivity contribution in [2.75, 3.05) is 5.32 Å². The van der Waals surface area contributed by atoms with Crippen LogP contribution in [0.15, 0.2) is 59.4 Å². The topological polar surface area (TPSA) is 65.3 Å². The number of rotatable bonds is 6. The van der Waals surface area contributed by atoms with Gasteiger partial charge in [0.15, 0.2) is 17.7 Å². The van der Waals surface area contributed by atoms with E-state index in [1.807, 2.05) is 30.3 Å². The number of para-hydroxylation sites is 2. The second-order valence-corrected chi connectivity index (χ2v) is 6.37. The van der Waals surface area contributed by atoms with Crippen molar-refractivity contribution < 1.29 is 13.9 Å². The first-order valence-electron chi connectivity index (χ1n) is 9.00. The van der Waals surface area contributed by atoms with Crippen LogP contribution in [0.4, 0.5) is 10.1 Å². The minimum atomic E-state index is -0.930. The van der Waals surface area contributed by atoms with Crippen LogP contribution in [0.25, 0.3) is 5.69 Å². The summed E-state index contributed by atoms with van der Waals surface area (Å²) in [7, 11) is 1.74. The number of aromatic nitrogens is 2. The summed E-state index contributed by atoms with van der Waals surface area (Å²) in [5, 5.41) is 2.66. The molecule has 1 N–H and O–H groups in total. The van der Waals surface area contributed by atoms with E-state index >= 15 is 0 Å². The molecule has 1 heterocycles.